The lowest BCUT2D eigenvalue weighted by molar-refractivity contribution is -0.126. The highest BCUT2D eigenvalue weighted by Crippen LogP contribution is 2.45. The van der Waals surface area contributed by atoms with Crippen LogP contribution in [0.1, 0.15) is 29.9 Å². The molecule has 0 spiro atoms. The fourth-order valence-corrected chi connectivity index (χ4v) is 5.89. The fraction of sp³-hybridized carbons (Fsp3) is 0.464. The Labute approximate surface area is 214 Å². The van der Waals surface area contributed by atoms with E-state index in [9.17, 15) is 18.0 Å². The maximum Gasteiger partial charge on any atom is 0.418 e. The lowest BCUT2D eigenvalue weighted by atomic mass is 9.73. The summed E-state index contributed by atoms with van der Waals surface area (Å²) in [7, 11) is 4.01. The molecule has 2 atom stereocenters. The van der Waals surface area contributed by atoms with Gasteiger partial charge in [0.05, 0.1) is 43.2 Å². The summed E-state index contributed by atoms with van der Waals surface area (Å²) in [6.07, 6.45) is 3.54. The minimum atomic E-state index is -4.57. The van der Waals surface area contributed by atoms with E-state index in [1.807, 2.05) is 37.4 Å². The van der Waals surface area contributed by atoms with Crippen LogP contribution in [0.15, 0.2) is 71.1 Å². The number of halogens is 3. The quantitative estimate of drug-likeness (QED) is 0.653. The maximum absolute atomic E-state index is 14.2. The molecule has 2 saturated heterocycles. The molecule has 9 heteroatoms. The molecule has 5 heterocycles. The van der Waals surface area contributed by atoms with Gasteiger partial charge in [-0.3, -0.25) is 19.9 Å². The Morgan fingerprint density at radius 1 is 1.22 bits per heavy atom. The van der Waals surface area contributed by atoms with Crippen LogP contribution in [0, 0.1) is 0 Å². The lowest BCUT2D eigenvalue weighted by Gasteiger charge is -2.49. The van der Waals surface area contributed by atoms with Crippen LogP contribution in [0.4, 0.5) is 13.2 Å². The number of fused-ring (bicyclic) bond motifs is 1. The average molecular weight is 513 g/mol. The van der Waals surface area contributed by atoms with Gasteiger partial charge in [-0.1, -0.05) is 30.3 Å². The molecule has 2 unspecified atom stereocenters. The van der Waals surface area contributed by atoms with Crippen molar-refractivity contribution in [3.05, 3.63) is 82.2 Å². The van der Waals surface area contributed by atoms with Gasteiger partial charge in [-0.2, -0.15) is 13.2 Å². The number of nitrogens with one attached hydrogen (secondary N) is 1. The first-order valence-electron chi connectivity index (χ1n) is 12.7. The van der Waals surface area contributed by atoms with Gasteiger partial charge in [-0.05, 0) is 61.4 Å². The molecule has 2 fully saturated rings. The van der Waals surface area contributed by atoms with Crippen LogP contribution < -0.4 is 5.32 Å². The van der Waals surface area contributed by atoms with Crippen molar-refractivity contribution in [3.63, 3.8) is 0 Å². The average Bonchev–Trinajstić information content (AvgIpc) is 3.18. The van der Waals surface area contributed by atoms with E-state index in [0.29, 0.717) is 30.9 Å². The number of carbonyl (C=O) groups is 1. The molecule has 1 aromatic rings. The third-order valence-corrected chi connectivity index (χ3v) is 8.26. The summed E-state index contributed by atoms with van der Waals surface area (Å²) in [5.74, 6) is -1.13. The molecule has 6 rings (SSSR count). The summed E-state index contributed by atoms with van der Waals surface area (Å²) in [4.78, 5) is 19.1. The second-order valence-electron chi connectivity index (χ2n) is 10.9. The highest BCUT2D eigenvalue weighted by molar-refractivity contribution is 5.93. The number of benzene rings is 1. The SMILES string of the molecule is CN1CCC=C(C2=CN3C(=O)C(c4cccc(C5(CC6NCN6C)COC5)c4)C=C3C(C(F)(F)F)=C2)C1. The standard InChI is InChI=1S/C28H31F3N4O2/c1-33-8-4-6-19(13-33)20-10-23(28(29,30)31)24-11-22(26(36)35(24)14-20)18-5-3-7-21(9-18)27(15-37-16-27)12-25-32-17-34(25)2/h3,5-7,9-11,14,22,25,32H,4,8,12-13,15-17H2,1-2H3. The van der Waals surface area contributed by atoms with Gasteiger partial charge in [-0.25, -0.2) is 0 Å². The molecular weight excluding hydrogens is 481 g/mol. The smallest absolute Gasteiger partial charge is 0.379 e. The number of ether oxygens (including phenoxy) is 1. The molecular formula is C28H31F3N4O2. The van der Waals surface area contributed by atoms with Crippen LogP contribution in [0.3, 0.4) is 0 Å². The number of allylic oxidation sites excluding steroid dienone is 2. The van der Waals surface area contributed by atoms with E-state index >= 15 is 0 Å². The number of amides is 1. The molecule has 0 saturated carbocycles. The maximum atomic E-state index is 14.2. The third-order valence-electron chi connectivity index (χ3n) is 8.26. The zero-order valence-electron chi connectivity index (χ0n) is 21.0. The van der Waals surface area contributed by atoms with E-state index in [2.05, 4.69) is 22.2 Å². The van der Waals surface area contributed by atoms with Crippen molar-refractivity contribution in [1.29, 1.82) is 0 Å². The number of carbonyl (C=O) groups excluding carboxylic acids is 1. The van der Waals surface area contributed by atoms with Crippen molar-refractivity contribution >= 4 is 5.91 Å². The zero-order valence-corrected chi connectivity index (χ0v) is 21.0. The topological polar surface area (TPSA) is 48.0 Å². The second-order valence-corrected chi connectivity index (χ2v) is 10.9. The number of rotatable bonds is 5. The van der Waals surface area contributed by atoms with Crippen molar-refractivity contribution < 1.29 is 22.7 Å². The Hall–Kier alpha value is -2.72. The molecule has 0 radical (unpaired) electrons. The minimum Gasteiger partial charge on any atom is -0.379 e. The molecule has 196 valence electrons. The van der Waals surface area contributed by atoms with Gasteiger partial charge < -0.3 is 9.64 Å². The predicted molar refractivity (Wildman–Crippen MR) is 133 cm³/mol. The Morgan fingerprint density at radius 2 is 2.03 bits per heavy atom. The number of nitrogens with zero attached hydrogens (tertiary/aromatic N) is 3. The monoisotopic (exact) mass is 512 g/mol. The Kier molecular flexibility index (Phi) is 5.95. The third kappa shape index (κ3) is 4.27. The molecule has 1 aromatic carbocycles. The van der Waals surface area contributed by atoms with Crippen molar-refractivity contribution in [2.24, 2.45) is 0 Å². The molecule has 37 heavy (non-hydrogen) atoms. The van der Waals surface area contributed by atoms with Gasteiger partial charge >= 0.3 is 6.18 Å². The summed E-state index contributed by atoms with van der Waals surface area (Å²) in [5.41, 5.74) is 2.01. The number of hydrogen-bond donors (Lipinski definition) is 1. The van der Waals surface area contributed by atoms with Gasteiger partial charge in [0.15, 0.2) is 0 Å². The van der Waals surface area contributed by atoms with Crippen molar-refractivity contribution in [3.8, 4) is 0 Å². The van der Waals surface area contributed by atoms with E-state index in [4.69, 9.17) is 4.74 Å². The largest absolute Gasteiger partial charge is 0.418 e. The number of hydrogen-bond acceptors (Lipinski definition) is 5. The molecule has 1 N–H and O–H groups in total. The van der Waals surface area contributed by atoms with Crippen molar-refractivity contribution in [1.82, 2.24) is 20.0 Å². The van der Waals surface area contributed by atoms with E-state index in [1.165, 1.54) is 17.1 Å². The molecule has 5 aliphatic heterocycles. The second kappa shape index (κ2) is 8.94. The summed E-state index contributed by atoms with van der Waals surface area (Å²) in [6.45, 7) is 3.43. The Balaban J connectivity index is 1.33. The Bertz CT molecular complexity index is 1240. The summed E-state index contributed by atoms with van der Waals surface area (Å²) in [6, 6.07) is 7.76. The van der Waals surface area contributed by atoms with Gasteiger partial charge in [-0.15, -0.1) is 0 Å². The van der Waals surface area contributed by atoms with Gasteiger partial charge in [0.25, 0.3) is 0 Å². The van der Waals surface area contributed by atoms with Crippen LogP contribution >= 0.6 is 0 Å². The van der Waals surface area contributed by atoms with Crippen LogP contribution in [0.25, 0.3) is 0 Å². The van der Waals surface area contributed by atoms with Gasteiger partial charge in [0.2, 0.25) is 5.91 Å². The first-order valence-corrected chi connectivity index (χ1v) is 12.7. The van der Waals surface area contributed by atoms with Crippen LogP contribution in [-0.2, 0) is 14.9 Å². The zero-order chi connectivity index (χ0) is 25.9. The van der Waals surface area contributed by atoms with Gasteiger partial charge in [0, 0.05) is 24.7 Å². The first kappa shape index (κ1) is 24.6. The molecule has 0 bridgehead atoms. The lowest BCUT2D eigenvalue weighted by Crippen LogP contribution is -2.64. The van der Waals surface area contributed by atoms with E-state index in [0.717, 1.165) is 37.2 Å². The summed E-state index contributed by atoms with van der Waals surface area (Å²) < 4.78 is 48.2. The van der Waals surface area contributed by atoms with Gasteiger partial charge in [0.1, 0.15) is 0 Å². The molecule has 0 aromatic heterocycles. The highest BCUT2D eigenvalue weighted by atomic mass is 19.4. The highest BCUT2D eigenvalue weighted by Gasteiger charge is 2.47. The summed E-state index contributed by atoms with van der Waals surface area (Å²) >= 11 is 0. The molecule has 6 nitrogen and oxygen atoms in total. The van der Waals surface area contributed by atoms with E-state index in [1.54, 1.807) is 6.20 Å². The fourth-order valence-electron chi connectivity index (χ4n) is 5.89. The summed E-state index contributed by atoms with van der Waals surface area (Å²) in [5, 5.41) is 3.43. The normalized spacial score (nSPS) is 28.0. The van der Waals surface area contributed by atoms with E-state index < -0.39 is 17.7 Å². The van der Waals surface area contributed by atoms with E-state index in [-0.39, 0.29) is 23.2 Å². The predicted octanol–water partition coefficient (Wildman–Crippen LogP) is 3.62. The van der Waals surface area contributed by atoms with Crippen LogP contribution in [0.5, 0.6) is 0 Å². The Morgan fingerprint density at radius 3 is 2.65 bits per heavy atom. The van der Waals surface area contributed by atoms with Crippen LogP contribution in [-0.4, -0.2) is 80.0 Å². The molecule has 0 aliphatic carbocycles. The minimum absolute atomic E-state index is 0.0802. The first-order chi connectivity index (χ1) is 17.6. The molecule has 5 aliphatic rings. The van der Waals surface area contributed by atoms with Crippen LogP contribution in [0.2, 0.25) is 0 Å². The van der Waals surface area contributed by atoms with Crippen molar-refractivity contribution in [2.75, 3.05) is 47.1 Å². The number of likely N-dealkylation sites (N-methyl/N-ethyl adjacent to an activating group) is 1. The van der Waals surface area contributed by atoms with Crippen molar-refractivity contribution in [2.45, 2.75) is 36.5 Å². The number of alkyl halides is 3. The molecule has 1 amide bonds.